The number of ether oxygens (including phenoxy) is 4. The highest BCUT2D eigenvalue weighted by Crippen LogP contribution is 2.59. The van der Waals surface area contributed by atoms with E-state index in [0.717, 1.165) is 92.9 Å². The van der Waals surface area contributed by atoms with E-state index < -0.39 is 6.29 Å². The van der Waals surface area contributed by atoms with Gasteiger partial charge in [-0.15, -0.1) is 0 Å². The first-order valence-electron chi connectivity index (χ1n) is 11.5. The van der Waals surface area contributed by atoms with Crippen molar-refractivity contribution in [3.05, 3.63) is 59.7 Å². The van der Waals surface area contributed by atoms with E-state index in [1.807, 2.05) is 31.2 Å². The van der Waals surface area contributed by atoms with Crippen LogP contribution < -0.4 is 18.9 Å². The molecule has 0 N–H and O–H groups in total. The molecule has 0 aliphatic carbocycles. The van der Waals surface area contributed by atoms with Gasteiger partial charge in [0.25, 0.3) is 0 Å². The van der Waals surface area contributed by atoms with Crippen molar-refractivity contribution >= 4 is 21.5 Å². The normalized spacial score (nSPS) is 12.9. The van der Waals surface area contributed by atoms with Gasteiger partial charge in [0.15, 0.2) is 23.0 Å². The van der Waals surface area contributed by atoms with Crippen molar-refractivity contribution in [2.45, 2.75) is 52.7 Å². The Morgan fingerprint density at radius 2 is 1.03 bits per heavy atom. The second-order valence-corrected chi connectivity index (χ2v) is 8.53. The van der Waals surface area contributed by atoms with E-state index in [-0.39, 0.29) is 0 Å². The van der Waals surface area contributed by atoms with Gasteiger partial charge in [0.05, 0.1) is 0 Å². The molecule has 0 aromatic heterocycles. The fraction of sp³-hybridized carbons (Fsp3) is 0.286. The van der Waals surface area contributed by atoms with Crippen molar-refractivity contribution in [1.82, 2.24) is 0 Å². The molecule has 2 heterocycles. The van der Waals surface area contributed by atoms with E-state index >= 15 is 0 Å². The quantitative estimate of drug-likeness (QED) is 0.183. The second-order valence-electron chi connectivity index (χ2n) is 8.53. The lowest BCUT2D eigenvalue weighted by molar-refractivity contribution is 0.0233. The van der Waals surface area contributed by atoms with Crippen LogP contribution in [-0.2, 0) is 12.8 Å². The highest BCUT2D eigenvalue weighted by Gasteiger charge is 2.34. The monoisotopic (exact) mass is 426 g/mol. The topological polar surface area (TPSA) is 43.5 Å². The van der Waals surface area contributed by atoms with Gasteiger partial charge in [-0.3, -0.25) is 0 Å². The second kappa shape index (κ2) is 7.33. The third-order valence-electron chi connectivity index (χ3n) is 6.23. The highest BCUT2D eigenvalue weighted by molar-refractivity contribution is 6.02. The van der Waals surface area contributed by atoms with Gasteiger partial charge in [-0.05, 0) is 12.8 Å². The van der Waals surface area contributed by atoms with Crippen molar-refractivity contribution in [1.29, 1.82) is 0 Å². The molecule has 6 rings (SSSR count). The molecule has 4 aromatic rings. The molecule has 0 radical (unpaired) electrons. The molecule has 2 aliphatic rings. The summed E-state index contributed by atoms with van der Waals surface area (Å²) in [5.74, 6) is 5.67. The molecule has 4 heteroatoms. The van der Waals surface area contributed by atoms with Crippen LogP contribution >= 0.6 is 0 Å². The zero-order chi connectivity index (χ0) is 21.8. The lowest BCUT2D eigenvalue weighted by atomic mass is 10.0. The smallest absolute Gasteiger partial charge is 0.238 e. The SMILES string of the molecule is CCCc1c2c(c3ccccc3c1OC(C)Oc1c(CCC)c3c(c4ccccc14)O3)O2. The van der Waals surface area contributed by atoms with Crippen molar-refractivity contribution in [2.75, 3.05) is 0 Å². The third kappa shape index (κ3) is 2.97. The summed E-state index contributed by atoms with van der Waals surface area (Å²) < 4.78 is 24.8. The summed E-state index contributed by atoms with van der Waals surface area (Å²) in [7, 11) is 0. The maximum atomic E-state index is 6.53. The van der Waals surface area contributed by atoms with E-state index in [9.17, 15) is 0 Å². The standard InChI is InChI=1S/C28H26O4/c1-4-10-21-23(17-12-6-8-14-19(17)25-27(21)31-25)29-16(3)30-24-18-13-7-9-15-20(18)26-28(32-26)22(24)11-5-2/h6-9,12-16H,4-5,10-11H2,1-3H3. The third-order valence-corrected chi connectivity index (χ3v) is 6.23. The molecule has 0 saturated carbocycles. The summed E-state index contributed by atoms with van der Waals surface area (Å²) in [6, 6.07) is 16.5. The lowest BCUT2D eigenvalue weighted by Crippen LogP contribution is -2.21. The van der Waals surface area contributed by atoms with Crippen molar-refractivity contribution in [2.24, 2.45) is 0 Å². The van der Waals surface area contributed by atoms with Crippen LogP contribution in [0.1, 0.15) is 44.7 Å². The largest absolute Gasteiger partial charge is 0.454 e. The zero-order valence-electron chi connectivity index (χ0n) is 18.7. The molecule has 0 amide bonds. The Morgan fingerprint density at radius 3 is 1.44 bits per heavy atom. The molecule has 2 aliphatic heterocycles. The number of hydrogen-bond donors (Lipinski definition) is 0. The first-order valence-corrected chi connectivity index (χ1v) is 11.5. The van der Waals surface area contributed by atoms with Crippen molar-refractivity contribution in [3.8, 4) is 34.5 Å². The summed E-state index contributed by atoms with van der Waals surface area (Å²) >= 11 is 0. The molecule has 0 saturated heterocycles. The highest BCUT2D eigenvalue weighted by atomic mass is 16.7. The molecule has 0 atom stereocenters. The lowest BCUT2D eigenvalue weighted by Gasteiger charge is -2.21. The van der Waals surface area contributed by atoms with Gasteiger partial charge in [0.2, 0.25) is 6.29 Å². The summed E-state index contributed by atoms with van der Waals surface area (Å²) in [5.41, 5.74) is 2.28. The summed E-state index contributed by atoms with van der Waals surface area (Å²) in [5, 5.41) is 4.34. The molecule has 0 fully saturated rings. The fourth-order valence-electron chi connectivity index (χ4n) is 4.77. The van der Waals surface area contributed by atoms with E-state index in [1.165, 1.54) is 0 Å². The molecule has 4 nitrogen and oxygen atoms in total. The van der Waals surface area contributed by atoms with Gasteiger partial charge in [0.1, 0.15) is 11.5 Å². The fourth-order valence-corrected chi connectivity index (χ4v) is 4.77. The van der Waals surface area contributed by atoms with Gasteiger partial charge in [-0.2, -0.15) is 0 Å². The van der Waals surface area contributed by atoms with E-state index in [2.05, 4.69) is 38.1 Å². The van der Waals surface area contributed by atoms with Crippen LogP contribution in [0.15, 0.2) is 48.5 Å². The van der Waals surface area contributed by atoms with Crippen LogP contribution in [0.5, 0.6) is 34.5 Å². The maximum absolute atomic E-state index is 6.53. The molecule has 0 spiro atoms. The predicted molar refractivity (Wildman–Crippen MR) is 127 cm³/mol. The minimum absolute atomic E-state index is 0.471. The summed E-state index contributed by atoms with van der Waals surface area (Å²) in [6.07, 6.45) is 3.39. The Hall–Kier alpha value is -3.40. The van der Waals surface area contributed by atoms with Gasteiger partial charge in [-0.1, -0.05) is 75.2 Å². The van der Waals surface area contributed by atoms with E-state index in [1.54, 1.807) is 0 Å². The number of rotatable bonds is 8. The van der Waals surface area contributed by atoms with E-state index in [0.29, 0.717) is 0 Å². The number of hydrogen-bond acceptors (Lipinski definition) is 4. The average Bonchev–Trinajstić information content (AvgIpc) is 3.72. The Kier molecular flexibility index (Phi) is 4.42. The van der Waals surface area contributed by atoms with Gasteiger partial charge in [0, 0.05) is 39.6 Å². The Balaban J connectivity index is 1.40. The summed E-state index contributed by atoms with van der Waals surface area (Å²) in [6.45, 7) is 6.32. The Morgan fingerprint density at radius 1 is 0.625 bits per heavy atom. The number of benzene rings is 4. The van der Waals surface area contributed by atoms with Crippen LogP contribution in [0.3, 0.4) is 0 Å². The summed E-state index contributed by atoms with van der Waals surface area (Å²) in [4.78, 5) is 0. The Labute approximate surface area is 187 Å². The molecule has 0 unspecified atom stereocenters. The first-order chi connectivity index (χ1) is 15.7. The van der Waals surface area contributed by atoms with Gasteiger partial charge < -0.3 is 18.9 Å². The average molecular weight is 427 g/mol. The van der Waals surface area contributed by atoms with Crippen LogP contribution in [-0.4, -0.2) is 6.29 Å². The molecule has 32 heavy (non-hydrogen) atoms. The minimum atomic E-state index is -0.471. The maximum Gasteiger partial charge on any atom is 0.238 e. The number of fused-ring (bicyclic) bond motifs is 6. The van der Waals surface area contributed by atoms with Crippen LogP contribution in [0.4, 0.5) is 0 Å². The van der Waals surface area contributed by atoms with Gasteiger partial charge >= 0.3 is 0 Å². The van der Waals surface area contributed by atoms with E-state index in [4.69, 9.17) is 18.9 Å². The first kappa shape index (κ1) is 19.3. The zero-order valence-corrected chi connectivity index (χ0v) is 18.7. The van der Waals surface area contributed by atoms with Crippen LogP contribution in [0.25, 0.3) is 21.5 Å². The van der Waals surface area contributed by atoms with Crippen molar-refractivity contribution in [3.63, 3.8) is 0 Å². The van der Waals surface area contributed by atoms with Crippen LogP contribution in [0.2, 0.25) is 0 Å². The molecular weight excluding hydrogens is 400 g/mol. The predicted octanol–water partition coefficient (Wildman–Crippen LogP) is 7.91. The van der Waals surface area contributed by atoms with Gasteiger partial charge in [-0.25, -0.2) is 0 Å². The molecule has 162 valence electrons. The Bertz CT molecular complexity index is 1270. The minimum Gasteiger partial charge on any atom is -0.454 e. The van der Waals surface area contributed by atoms with Crippen LogP contribution in [0, 0.1) is 0 Å². The molecular formula is C28H26O4. The molecule has 0 bridgehead atoms. The van der Waals surface area contributed by atoms with Crippen molar-refractivity contribution < 1.29 is 18.9 Å². The molecule has 4 aromatic carbocycles.